The Kier molecular flexibility index (Phi) is 6.81. The van der Waals surface area contributed by atoms with Gasteiger partial charge < -0.3 is 13.7 Å². The molecule has 55 heavy (non-hydrogen) atoms. The zero-order valence-electron chi connectivity index (χ0n) is 31.2. The summed E-state index contributed by atoms with van der Waals surface area (Å²) in [7, 11) is 0. The quantitative estimate of drug-likeness (QED) is 0.173. The number of nitrogens with zero attached hydrogens (tertiary/aromatic N) is 3. The second-order valence-corrected chi connectivity index (χ2v) is 15.8. The van der Waals surface area contributed by atoms with Gasteiger partial charge >= 0.3 is 0 Å². The molecule has 0 bridgehead atoms. The second-order valence-electron chi connectivity index (χ2n) is 15.8. The Morgan fingerprint density at radius 3 is 1.44 bits per heavy atom. The number of hydrogen-bond donors (Lipinski definition) is 0. The third kappa shape index (κ3) is 4.76. The van der Waals surface area contributed by atoms with Gasteiger partial charge in [0.15, 0.2) is 0 Å². The van der Waals surface area contributed by atoms with Crippen LogP contribution in [0.15, 0.2) is 182 Å². The molecule has 262 valence electrons. The van der Waals surface area contributed by atoms with Crippen molar-refractivity contribution in [2.45, 2.75) is 26.2 Å². The van der Waals surface area contributed by atoms with E-state index in [1.54, 1.807) is 0 Å². The van der Waals surface area contributed by atoms with Gasteiger partial charge in [-0.05, 0) is 83.3 Å². The van der Waals surface area contributed by atoms with E-state index in [2.05, 4.69) is 216 Å². The standard InChI is InChI=1S/C52H39N3/c1-52(2,3)35-27-25-34(26-28-35)38-17-7-11-21-45(38)55-48-24-14-10-18-39(48)42-31-37(29-30-49(42)55)54-47-23-13-9-20-41(47)44-32-43-40-19-8-12-22-46(40)53(50(43)33-51(44)54)36-15-5-4-6-16-36/h4-33H,1-3H3. The van der Waals surface area contributed by atoms with Crippen LogP contribution in [0.2, 0.25) is 0 Å². The molecule has 0 aliphatic carbocycles. The third-order valence-electron chi connectivity index (χ3n) is 11.6. The van der Waals surface area contributed by atoms with Crippen LogP contribution in [0.5, 0.6) is 0 Å². The number of aromatic nitrogens is 3. The van der Waals surface area contributed by atoms with E-state index in [-0.39, 0.29) is 5.41 Å². The largest absolute Gasteiger partial charge is 0.309 e. The van der Waals surface area contributed by atoms with E-state index < -0.39 is 0 Å². The van der Waals surface area contributed by atoms with Crippen LogP contribution < -0.4 is 0 Å². The molecule has 11 rings (SSSR count). The van der Waals surface area contributed by atoms with Crippen molar-refractivity contribution in [2.24, 2.45) is 0 Å². The van der Waals surface area contributed by atoms with Gasteiger partial charge in [0.05, 0.1) is 38.8 Å². The average molecular weight is 706 g/mol. The van der Waals surface area contributed by atoms with Crippen LogP contribution in [0.3, 0.4) is 0 Å². The lowest BCUT2D eigenvalue weighted by molar-refractivity contribution is 0.590. The highest BCUT2D eigenvalue weighted by molar-refractivity contribution is 6.19. The summed E-state index contributed by atoms with van der Waals surface area (Å²) in [5.74, 6) is 0. The highest BCUT2D eigenvalue weighted by atomic mass is 15.0. The topological polar surface area (TPSA) is 14.8 Å². The van der Waals surface area contributed by atoms with Crippen LogP contribution in [0.1, 0.15) is 26.3 Å². The first-order chi connectivity index (χ1) is 26.9. The third-order valence-corrected chi connectivity index (χ3v) is 11.6. The van der Waals surface area contributed by atoms with Crippen molar-refractivity contribution >= 4 is 65.4 Å². The maximum absolute atomic E-state index is 2.47. The van der Waals surface area contributed by atoms with Gasteiger partial charge in [-0.2, -0.15) is 0 Å². The molecule has 0 atom stereocenters. The lowest BCUT2D eigenvalue weighted by Gasteiger charge is -2.20. The molecular formula is C52H39N3. The molecule has 0 unspecified atom stereocenters. The van der Waals surface area contributed by atoms with Crippen LogP contribution in [-0.4, -0.2) is 13.7 Å². The highest BCUT2D eigenvalue weighted by Crippen LogP contribution is 2.42. The van der Waals surface area contributed by atoms with Crippen molar-refractivity contribution in [3.8, 4) is 28.2 Å². The number of benzene rings is 8. The van der Waals surface area contributed by atoms with Gasteiger partial charge in [-0.25, -0.2) is 0 Å². The van der Waals surface area contributed by atoms with Crippen LogP contribution in [0, 0.1) is 0 Å². The maximum Gasteiger partial charge on any atom is 0.0562 e. The molecule has 3 nitrogen and oxygen atoms in total. The summed E-state index contributed by atoms with van der Waals surface area (Å²) >= 11 is 0. The average Bonchev–Trinajstić information content (AvgIpc) is 3.85. The molecule has 11 aromatic rings. The summed E-state index contributed by atoms with van der Waals surface area (Å²) in [6.07, 6.45) is 0. The second kappa shape index (κ2) is 11.8. The molecule has 0 spiro atoms. The highest BCUT2D eigenvalue weighted by Gasteiger charge is 2.21. The van der Waals surface area contributed by atoms with Gasteiger partial charge in [0.1, 0.15) is 0 Å². The number of para-hydroxylation sites is 5. The fourth-order valence-corrected chi connectivity index (χ4v) is 8.99. The Hall–Kier alpha value is -6.84. The monoisotopic (exact) mass is 705 g/mol. The Bertz CT molecular complexity index is 3270. The molecule has 0 amide bonds. The van der Waals surface area contributed by atoms with Gasteiger partial charge in [0, 0.05) is 49.3 Å². The Morgan fingerprint density at radius 1 is 0.327 bits per heavy atom. The summed E-state index contributed by atoms with van der Waals surface area (Å²) < 4.78 is 7.33. The molecule has 0 saturated heterocycles. The van der Waals surface area contributed by atoms with Gasteiger partial charge in [-0.15, -0.1) is 0 Å². The van der Waals surface area contributed by atoms with E-state index in [9.17, 15) is 0 Å². The van der Waals surface area contributed by atoms with Gasteiger partial charge in [0.2, 0.25) is 0 Å². The zero-order valence-corrected chi connectivity index (χ0v) is 31.2. The van der Waals surface area contributed by atoms with E-state index in [0.717, 1.165) is 11.4 Å². The normalized spacial score (nSPS) is 12.3. The van der Waals surface area contributed by atoms with Crippen LogP contribution in [0.4, 0.5) is 0 Å². The predicted molar refractivity (Wildman–Crippen MR) is 234 cm³/mol. The van der Waals surface area contributed by atoms with Crippen molar-refractivity contribution in [3.05, 3.63) is 188 Å². The molecule has 0 aliphatic rings. The zero-order chi connectivity index (χ0) is 36.8. The summed E-state index contributed by atoms with van der Waals surface area (Å²) in [5.41, 5.74) is 14.6. The molecule has 0 fully saturated rings. The summed E-state index contributed by atoms with van der Waals surface area (Å²) in [4.78, 5) is 0. The van der Waals surface area contributed by atoms with Crippen molar-refractivity contribution in [2.75, 3.05) is 0 Å². The van der Waals surface area contributed by atoms with Crippen molar-refractivity contribution in [1.29, 1.82) is 0 Å². The first kappa shape index (κ1) is 31.7. The first-order valence-electron chi connectivity index (χ1n) is 19.2. The lowest BCUT2D eigenvalue weighted by atomic mass is 9.86. The first-order valence-corrected chi connectivity index (χ1v) is 19.2. The molecule has 0 aliphatic heterocycles. The van der Waals surface area contributed by atoms with E-state index in [1.165, 1.54) is 87.8 Å². The minimum absolute atomic E-state index is 0.102. The molecule has 3 aromatic heterocycles. The summed E-state index contributed by atoms with van der Waals surface area (Å²) in [6.45, 7) is 6.81. The molecule has 8 aromatic carbocycles. The Morgan fingerprint density at radius 2 is 0.818 bits per heavy atom. The van der Waals surface area contributed by atoms with Gasteiger partial charge in [-0.1, -0.05) is 136 Å². The minimum atomic E-state index is 0.102. The molecule has 0 N–H and O–H groups in total. The van der Waals surface area contributed by atoms with Crippen LogP contribution in [0.25, 0.3) is 93.6 Å². The Balaban J connectivity index is 1.17. The summed E-state index contributed by atoms with van der Waals surface area (Å²) in [6, 6.07) is 67.0. The van der Waals surface area contributed by atoms with E-state index >= 15 is 0 Å². The molecule has 0 saturated carbocycles. The molecule has 0 radical (unpaired) electrons. The van der Waals surface area contributed by atoms with Crippen molar-refractivity contribution in [1.82, 2.24) is 13.7 Å². The lowest BCUT2D eigenvalue weighted by Crippen LogP contribution is -2.10. The van der Waals surface area contributed by atoms with Crippen molar-refractivity contribution in [3.63, 3.8) is 0 Å². The van der Waals surface area contributed by atoms with Gasteiger partial charge in [0.25, 0.3) is 0 Å². The number of rotatable bonds is 4. The van der Waals surface area contributed by atoms with E-state index in [4.69, 9.17) is 0 Å². The fraction of sp³-hybridized carbons (Fsp3) is 0.0769. The smallest absolute Gasteiger partial charge is 0.0562 e. The molecular weight excluding hydrogens is 667 g/mol. The molecule has 3 heterocycles. The number of hydrogen-bond acceptors (Lipinski definition) is 0. The SMILES string of the molecule is CC(C)(C)c1ccc(-c2ccccc2-n2c3ccccc3c3cc(-n4c5ccccc5c5cc6c7ccccc7n(-c7ccccc7)c6cc54)ccc32)cc1. The van der Waals surface area contributed by atoms with Crippen LogP contribution >= 0.6 is 0 Å². The van der Waals surface area contributed by atoms with E-state index in [0.29, 0.717) is 0 Å². The number of fused-ring (bicyclic) bond motifs is 9. The minimum Gasteiger partial charge on any atom is -0.309 e. The fourth-order valence-electron chi connectivity index (χ4n) is 8.99. The van der Waals surface area contributed by atoms with Gasteiger partial charge in [-0.3, -0.25) is 0 Å². The van der Waals surface area contributed by atoms with Crippen molar-refractivity contribution < 1.29 is 0 Å². The predicted octanol–water partition coefficient (Wildman–Crippen LogP) is 13.9. The van der Waals surface area contributed by atoms with E-state index in [1.807, 2.05) is 0 Å². The molecule has 3 heteroatoms. The Labute approximate surface area is 319 Å². The maximum atomic E-state index is 2.47. The summed E-state index contributed by atoms with van der Waals surface area (Å²) in [5, 5.41) is 7.51. The van der Waals surface area contributed by atoms with Crippen LogP contribution in [-0.2, 0) is 5.41 Å².